The van der Waals surface area contributed by atoms with Crippen LogP contribution < -0.4 is 0 Å². The Morgan fingerprint density at radius 2 is 1.95 bits per heavy atom. The van der Waals surface area contributed by atoms with Crippen molar-refractivity contribution in [3.63, 3.8) is 0 Å². The number of carbonyl (C=O) groups is 1. The number of carbonyl (C=O) groups excluding carboxylic acids is 1. The zero-order valence-corrected chi connectivity index (χ0v) is 12.3. The molecule has 1 amide bonds. The first kappa shape index (κ1) is 12.9. The normalized spacial score (nSPS) is 25.8. The molecule has 1 saturated heterocycles. The number of H-pyrrole nitrogens is 1. The standard InChI is InChI=1S/C18H22N2O/c21-18(15-8-3-6-14-10-11-19-17(14)15)20-12-4-7-13-5-1-2-9-16(13)20/h3,6,8,10-11,13,16,19H,1-2,4-5,7,9,12H2. The lowest BCUT2D eigenvalue weighted by atomic mass is 9.78. The number of piperidine rings is 1. The minimum atomic E-state index is 0.222. The summed E-state index contributed by atoms with van der Waals surface area (Å²) in [6.07, 6.45) is 9.50. The Hall–Kier alpha value is -1.77. The van der Waals surface area contributed by atoms with Gasteiger partial charge in [-0.05, 0) is 43.7 Å². The van der Waals surface area contributed by atoms with E-state index < -0.39 is 0 Å². The lowest BCUT2D eigenvalue weighted by Crippen LogP contribution is -2.49. The molecular formula is C18H22N2O. The summed E-state index contributed by atoms with van der Waals surface area (Å²) in [5.74, 6) is 0.957. The molecule has 2 aliphatic rings. The largest absolute Gasteiger partial charge is 0.361 e. The van der Waals surface area contributed by atoms with Gasteiger partial charge in [0, 0.05) is 24.2 Å². The Morgan fingerprint density at radius 1 is 1.10 bits per heavy atom. The van der Waals surface area contributed by atoms with Crippen molar-refractivity contribution < 1.29 is 4.79 Å². The van der Waals surface area contributed by atoms with Crippen LogP contribution in [-0.4, -0.2) is 28.4 Å². The van der Waals surface area contributed by atoms with Crippen molar-refractivity contribution in [2.24, 2.45) is 5.92 Å². The lowest BCUT2D eigenvalue weighted by Gasteiger charge is -2.44. The predicted octanol–water partition coefficient (Wildman–Crippen LogP) is 3.96. The highest BCUT2D eigenvalue weighted by molar-refractivity contribution is 6.05. The van der Waals surface area contributed by atoms with Gasteiger partial charge >= 0.3 is 0 Å². The Kier molecular flexibility index (Phi) is 3.21. The van der Waals surface area contributed by atoms with E-state index >= 15 is 0 Å². The van der Waals surface area contributed by atoms with Crippen LogP contribution in [0.15, 0.2) is 30.5 Å². The van der Waals surface area contributed by atoms with Gasteiger partial charge in [0.1, 0.15) is 0 Å². The third-order valence-corrected chi connectivity index (χ3v) is 5.32. The molecule has 0 bridgehead atoms. The fraction of sp³-hybridized carbons (Fsp3) is 0.500. The number of nitrogens with one attached hydrogen (secondary N) is 1. The molecule has 3 nitrogen and oxygen atoms in total. The van der Waals surface area contributed by atoms with Crippen molar-refractivity contribution in [1.82, 2.24) is 9.88 Å². The zero-order chi connectivity index (χ0) is 14.2. The second kappa shape index (κ2) is 5.21. The van der Waals surface area contributed by atoms with Crippen LogP contribution in [0.5, 0.6) is 0 Å². The smallest absolute Gasteiger partial charge is 0.256 e. The van der Waals surface area contributed by atoms with Crippen LogP contribution in [0.1, 0.15) is 48.9 Å². The van der Waals surface area contributed by atoms with E-state index in [9.17, 15) is 4.79 Å². The second-order valence-corrected chi connectivity index (χ2v) is 6.50. The predicted molar refractivity (Wildman–Crippen MR) is 84.3 cm³/mol. The summed E-state index contributed by atoms with van der Waals surface area (Å²) in [5, 5.41) is 1.12. The van der Waals surface area contributed by atoms with E-state index in [-0.39, 0.29) is 5.91 Å². The lowest BCUT2D eigenvalue weighted by molar-refractivity contribution is 0.0392. The minimum Gasteiger partial charge on any atom is -0.361 e. The maximum absolute atomic E-state index is 13.1. The Balaban J connectivity index is 1.68. The summed E-state index contributed by atoms with van der Waals surface area (Å²) in [4.78, 5) is 18.5. The van der Waals surface area contributed by atoms with E-state index in [1.807, 2.05) is 24.4 Å². The summed E-state index contributed by atoms with van der Waals surface area (Å²) in [7, 11) is 0. The van der Waals surface area contributed by atoms with E-state index in [1.165, 1.54) is 32.1 Å². The van der Waals surface area contributed by atoms with E-state index in [4.69, 9.17) is 0 Å². The first-order valence-corrected chi connectivity index (χ1v) is 8.21. The van der Waals surface area contributed by atoms with Gasteiger partial charge in [0.25, 0.3) is 5.91 Å². The van der Waals surface area contributed by atoms with Gasteiger partial charge in [-0.1, -0.05) is 25.0 Å². The molecule has 1 N–H and O–H groups in total. The summed E-state index contributed by atoms with van der Waals surface area (Å²) < 4.78 is 0. The van der Waals surface area contributed by atoms with Crippen LogP contribution in [0, 0.1) is 5.92 Å². The Bertz CT molecular complexity index is 658. The van der Waals surface area contributed by atoms with Gasteiger partial charge in [0.2, 0.25) is 0 Å². The van der Waals surface area contributed by atoms with Crippen molar-refractivity contribution in [3.05, 3.63) is 36.0 Å². The molecule has 3 heteroatoms. The molecule has 1 aromatic carbocycles. The number of para-hydroxylation sites is 1. The van der Waals surface area contributed by atoms with Crippen LogP contribution in [0.2, 0.25) is 0 Å². The highest BCUT2D eigenvalue weighted by Crippen LogP contribution is 2.36. The number of likely N-dealkylation sites (tertiary alicyclic amines) is 1. The van der Waals surface area contributed by atoms with Gasteiger partial charge in [0.15, 0.2) is 0 Å². The quantitative estimate of drug-likeness (QED) is 0.844. The van der Waals surface area contributed by atoms with E-state index in [2.05, 4.69) is 16.0 Å². The van der Waals surface area contributed by atoms with Crippen LogP contribution in [-0.2, 0) is 0 Å². The van der Waals surface area contributed by atoms with Crippen molar-refractivity contribution >= 4 is 16.8 Å². The van der Waals surface area contributed by atoms with Crippen molar-refractivity contribution in [2.75, 3.05) is 6.54 Å². The number of hydrogen-bond donors (Lipinski definition) is 1. The third-order valence-electron chi connectivity index (χ3n) is 5.32. The van der Waals surface area contributed by atoms with Gasteiger partial charge in [-0.15, -0.1) is 0 Å². The third kappa shape index (κ3) is 2.15. The molecule has 21 heavy (non-hydrogen) atoms. The molecule has 0 spiro atoms. The average molecular weight is 282 g/mol. The van der Waals surface area contributed by atoms with E-state index in [0.29, 0.717) is 6.04 Å². The highest BCUT2D eigenvalue weighted by Gasteiger charge is 2.36. The van der Waals surface area contributed by atoms with Gasteiger partial charge in [-0.25, -0.2) is 0 Å². The minimum absolute atomic E-state index is 0.222. The number of benzene rings is 1. The molecule has 1 saturated carbocycles. The van der Waals surface area contributed by atoms with Crippen LogP contribution >= 0.6 is 0 Å². The zero-order valence-electron chi connectivity index (χ0n) is 12.3. The molecule has 4 rings (SSSR count). The fourth-order valence-electron chi connectivity index (χ4n) is 4.29. The highest BCUT2D eigenvalue weighted by atomic mass is 16.2. The topological polar surface area (TPSA) is 36.1 Å². The Morgan fingerprint density at radius 3 is 2.90 bits per heavy atom. The molecular weight excluding hydrogens is 260 g/mol. The van der Waals surface area contributed by atoms with Gasteiger partial charge in [0.05, 0.1) is 11.1 Å². The van der Waals surface area contributed by atoms with Gasteiger partial charge < -0.3 is 9.88 Å². The number of fused-ring (bicyclic) bond motifs is 2. The molecule has 1 aliphatic carbocycles. The first-order chi connectivity index (χ1) is 10.3. The van der Waals surface area contributed by atoms with E-state index in [0.717, 1.165) is 35.3 Å². The van der Waals surface area contributed by atoms with Gasteiger partial charge in [-0.3, -0.25) is 4.79 Å². The van der Waals surface area contributed by atoms with Crippen molar-refractivity contribution in [1.29, 1.82) is 0 Å². The molecule has 2 fully saturated rings. The number of amides is 1. The summed E-state index contributed by atoms with van der Waals surface area (Å²) in [6, 6.07) is 8.53. The molecule has 1 aliphatic heterocycles. The van der Waals surface area contributed by atoms with Crippen LogP contribution in [0.25, 0.3) is 10.9 Å². The Labute approximate surface area is 125 Å². The monoisotopic (exact) mass is 282 g/mol. The van der Waals surface area contributed by atoms with Crippen molar-refractivity contribution in [2.45, 2.75) is 44.6 Å². The number of hydrogen-bond acceptors (Lipinski definition) is 1. The molecule has 2 aromatic rings. The number of nitrogens with zero attached hydrogens (tertiary/aromatic N) is 1. The van der Waals surface area contributed by atoms with Crippen LogP contribution in [0.4, 0.5) is 0 Å². The molecule has 1 aromatic heterocycles. The molecule has 2 unspecified atom stereocenters. The van der Waals surface area contributed by atoms with Crippen LogP contribution in [0.3, 0.4) is 0 Å². The number of aromatic nitrogens is 1. The van der Waals surface area contributed by atoms with Crippen molar-refractivity contribution in [3.8, 4) is 0 Å². The average Bonchev–Trinajstić information content (AvgIpc) is 3.02. The summed E-state index contributed by atoms with van der Waals surface area (Å²) >= 11 is 0. The maximum Gasteiger partial charge on any atom is 0.256 e. The number of aromatic amines is 1. The molecule has 0 radical (unpaired) electrons. The first-order valence-electron chi connectivity index (χ1n) is 8.21. The summed E-state index contributed by atoms with van der Waals surface area (Å²) in [6.45, 7) is 0.928. The molecule has 2 heterocycles. The molecule has 110 valence electrons. The molecule has 2 atom stereocenters. The van der Waals surface area contributed by atoms with Gasteiger partial charge in [-0.2, -0.15) is 0 Å². The maximum atomic E-state index is 13.1. The SMILES string of the molecule is O=C(c1cccc2cc[nH]c12)N1CCCC2CCCCC21. The fourth-order valence-corrected chi connectivity index (χ4v) is 4.29. The second-order valence-electron chi connectivity index (χ2n) is 6.50. The number of rotatable bonds is 1. The summed E-state index contributed by atoms with van der Waals surface area (Å²) in [5.41, 5.74) is 1.82. The van der Waals surface area contributed by atoms with E-state index in [1.54, 1.807) is 0 Å².